The van der Waals surface area contributed by atoms with Crippen LogP contribution in [0.25, 0.3) is 0 Å². The van der Waals surface area contributed by atoms with Gasteiger partial charge in [-0.1, -0.05) is 44.2 Å². The van der Waals surface area contributed by atoms with Crippen LogP contribution in [0.4, 0.5) is 0 Å². The minimum absolute atomic E-state index is 0.171. The Morgan fingerprint density at radius 1 is 1.36 bits per heavy atom. The number of nitriles is 1. The summed E-state index contributed by atoms with van der Waals surface area (Å²) < 4.78 is 0. The molecule has 1 aliphatic carbocycles. The molecule has 1 fully saturated rings. The van der Waals surface area contributed by atoms with Crippen molar-refractivity contribution in [2.75, 3.05) is 0 Å². The summed E-state index contributed by atoms with van der Waals surface area (Å²) in [5.74, 6) is 1.16. The summed E-state index contributed by atoms with van der Waals surface area (Å²) in [5.41, 5.74) is 1.02. The van der Waals surface area contributed by atoms with Crippen LogP contribution in [0.2, 0.25) is 0 Å². The first kappa shape index (κ1) is 9.27. The molecular weight excluding hydrogens is 170 g/mol. The van der Waals surface area contributed by atoms with Gasteiger partial charge in [-0.05, 0) is 23.8 Å². The van der Waals surface area contributed by atoms with E-state index in [1.54, 1.807) is 0 Å². The van der Waals surface area contributed by atoms with E-state index in [4.69, 9.17) is 0 Å². The summed E-state index contributed by atoms with van der Waals surface area (Å²) in [6.07, 6.45) is 1.03. The van der Waals surface area contributed by atoms with E-state index in [0.29, 0.717) is 11.8 Å². The summed E-state index contributed by atoms with van der Waals surface area (Å²) in [7, 11) is 0. The van der Waals surface area contributed by atoms with E-state index < -0.39 is 0 Å². The largest absolute Gasteiger partial charge is 0.197 e. The average Bonchev–Trinajstić information content (AvgIpc) is 2.95. The van der Waals surface area contributed by atoms with Crippen LogP contribution in [0.5, 0.6) is 0 Å². The predicted octanol–water partition coefficient (Wildman–Crippen LogP) is 3.12. The second kappa shape index (κ2) is 3.13. The molecule has 1 aromatic carbocycles. The van der Waals surface area contributed by atoms with Crippen molar-refractivity contribution in [1.82, 2.24) is 0 Å². The maximum absolute atomic E-state index is 9.28. The molecule has 0 amide bonds. The molecule has 1 saturated carbocycles. The monoisotopic (exact) mass is 185 g/mol. The van der Waals surface area contributed by atoms with Crippen molar-refractivity contribution in [2.45, 2.75) is 25.7 Å². The van der Waals surface area contributed by atoms with Crippen LogP contribution in [0, 0.1) is 23.2 Å². The van der Waals surface area contributed by atoms with Crippen LogP contribution >= 0.6 is 0 Å². The van der Waals surface area contributed by atoms with Gasteiger partial charge in [0.15, 0.2) is 0 Å². The summed E-state index contributed by atoms with van der Waals surface area (Å²) in [5, 5.41) is 9.28. The maximum Gasteiger partial charge on any atom is 0.0856 e. The van der Waals surface area contributed by atoms with Crippen molar-refractivity contribution in [2.24, 2.45) is 11.8 Å². The first-order valence-corrected chi connectivity index (χ1v) is 5.17. The van der Waals surface area contributed by atoms with Gasteiger partial charge >= 0.3 is 0 Å². The molecule has 1 nitrogen and oxygen atoms in total. The predicted molar refractivity (Wildman–Crippen MR) is 56.7 cm³/mol. The zero-order chi connectivity index (χ0) is 10.2. The lowest BCUT2D eigenvalue weighted by molar-refractivity contribution is 0.522. The Kier molecular flexibility index (Phi) is 2.07. The van der Waals surface area contributed by atoms with Crippen LogP contribution in [0.1, 0.15) is 25.8 Å². The zero-order valence-electron chi connectivity index (χ0n) is 8.70. The van der Waals surface area contributed by atoms with Crippen LogP contribution in [-0.2, 0) is 5.41 Å². The lowest BCUT2D eigenvalue weighted by Gasteiger charge is -2.10. The minimum Gasteiger partial charge on any atom is -0.197 e. The van der Waals surface area contributed by atoms with Gasteiger partial charge in [0.25, 0.3) is 0 Å². The molecule has 72 valence electrons. The van der Waals surface area contributed by atoms with Crippen LogP contribution in [0.15, 0.2) is 30.3 Å². The van der Waals surface area contributed by atoms with Gasteiger partial charge in [-0.3, -0.25) is 0 Å². The molecule has 0 bridgehead atoms. The molecule has 1 heteroatoms. The van der Waals surface area contributed by atoms with Crippen molar-refractivity contribution < 1.29 is 0 Å². The molecule has 14 heavy (non-hydrogen) atoms. The molecule has 2 unspecified atom stereocenters. The highest BCUT2D eigenvalue weighted by Crippen LogP contribution is 2.57. The van der Waals surface area contributed by atoms with Crippen LogP contribution in [0.3, 0.4) is 0 Å². The maximum atomic E-state index is 9.28. The topological polar surface area (TPSA) is 23.8 Å². The Bertz CT molecular complexity index is 361. The van der Waals surface area contributed by atoms with Crippen molar-refractivity contribution in [3.8, 4) is 6.07 Å². The van der Waals surface area contributed by atoms with Crippen molar-refractivity contribution in [3.63, 3.8) is 0 Å². The standard InChI is InChI=1S/C13H15N/c1-10(2)12-8-13(12,9-14)11-6-4-3-5-7-11/h3-7,10,12H,8H2,1-2H3. The Morgan fingerprint density at radius 3 is 2.43 bits per heavy atom. The highest BCUT2D eigenvalue weighted by molar-refractivity contribution is 5.41. The van der Waals surface area contributed by atoms with E-state index in [1.165, 1.54) is 5.56 Å². The number of hydrogen-bond acceptors (Lipinski definition) is 1. The molecule has 0 aliphatic heterocycles. The fourth-order valence-electron chi connectivity index (χ4n) is 2.35. The third-order valence-electron chi connectivity index (χ3n) is 3.31. The summed E-state index contributed by atoms with van der Waals surface area (Å²) in [6.45, 7) is 4.40. The van der Waals surface area contributed by atoms with Crippen LogP contribution < -0.4 is 0 Å². The third kappa shape index (κ3) is 1.23. The third-order valence-corrected chi connectivity index (χ3v) is 3.31. The highest BCUT2D eigenvalue weighted by Gasteiger charge is 2.57. The molecule has 2 rings (SSSR count). The van der Waals surface area contributed by atoms with Crippen molar-refractivity contribution in [3.05, 3.63) is 35.9 Å². The van der Waals surface area contributed by atoms with E-state index in [9.17, 15) is 5.26 Å². The average molecular weight is 185 g/mol. The number of rotatable bonds is 2. The van der Waals surface area contributed by atoms with E-state index >= 15 is 0 Å². The molecule has 0 aromatic heterocycles. The molecule has 1 aliphatic rings. The second-order valence-electron chi connectivity index (χ2n) is 4.50. The van der Waals surface area contributed by atoms with Gasteiger partial charge in [0.05, 0.1) is 11.5 Å². The van der Waals surface area contributed by atoms with E-state index in [1.807, 2.05) is 18.2 Å². The van der Waals surface area contributed by atoms with Gasteiger partial charge in [-0.25, -0.2) is 0 Å². The van der Waals surface area contributed by atoms with Gasteiger partial charge < -0.3 is 0 Å². The SMILES string of the molecule is CC(C)C1CC1(C#N)c1ccccc1. The first-order chi connectivity index (χ1) is 6.70. The molecule has 2 atom stereocenters. The van der Waals surface area contributed by atoms with Crippen molar-refractivity contribution >= 4 is 0 Å². The van der Waals surface area contributed by atoms with Gasteiger partial charge in [0, 0.05) is 0 Å². The van der Waals surface area contributed by atoms with Crippen LogP contribution in [-0.4, -0.2) is 0 Å². The van der Waals surface area contributed by atoms with Gasteiger partial charge in [-0.15, -0.1) is 0 Å². The molecule has 0 saturated heterocycles. The number of benzene rings is 1. The number of hydrogen-bond donors (Lipinski definition) is 0. The number of nitrogens with zero attached hydrogens (tertiary/aromatic N) is 1. The van der Waals surface area contributed by atoms with E-state index in [0.717, 1.165) is 6.42 Å². The smallest absolute Gasteiger partial charge is 0.0856 e. The summed E-state index contributed by atoms with van der Waals surface area (Å²) in [6, 6.07) is 12.7. The van der Waals surface area contributed by atoms with Gasteiger partial charge in [0.1, 0.15) is 0 Å². The molecule has 0 spiro atoms. The fraction of sp³-hybridized carbons (Fsp3) is 0.462. The van der Waals surface area contributed by atoms with E-state index in [-0.39, 0.29) is 5.41 Å². The quantitative estimate of drug-likeness (QED) is 0.694. The molecule has 0 radical (unpaired) electrons. The normalized spacial score (nSPS) is 30.0. The Labute approximate surface area is 85.4 Å². The molecule has 0 heterocycles. The Balaban J connectivity index is 2.31. The molecule has 1 aromatic rings. The summed E-state index contributed by atoms with van der Waals surface area (Å²) >= 11 is 0. The van der Waals surface area contributed by atoms with Gasteiger partial charge in [0.2, 0.25) is 0 Å². The highest BCUT2D eigenvalue weighted by atomic mass is 14.6. The summed E-state index contributed by atoms with van der Waals surface area (Å²) in [4.78, 5) is 0. The Morgan fingerprint density at radius 2 is 2.00 bits per heavy atom. The van der Waals surface area contributed by atoms with Gasteiger partial charge in [-0.2, -0.15) is 5.26 Å². The zero-order valence-corrected chi connectivity index (χ0v) is 8.70. The first-order valence-electron chi connectivity index (χ1n) is 5.17. The van der Waals surface area contributed by atoms with E-state index in [2.05, 4.69) is 32.0 Å². The lowest BCUT2D eigenvalue weighted by Crippen LogP contribution is -2.09. The van der Waals surface area contributed by atoms with Crippen molar-refractivity contribution in [1.29, 1.82) is 5.26 Å². The second-order valence-corrected chi connectivity index (χ2v) is 4.50. The molecular formula is C13H15N. The Hall–Kier alpha value is -1.29. The minimum atomic E-state index is -0.171. The fourth-order valence-corrected chi connectivity index (χ4v) is 2.35. The lowest BCUT2D eigenvalue weighted by atomic mass is 9.91. The molecule has 0 N–H and O–H groups in total.